The van der Waals surface area contributed by atoms with Gasteiger partial charge in [0, 0.05) is 31.5 Å². The summed E-state index contributed by atoms with van der Waals surface area (Å²) in [4.78, 5) is 15.7. The van der Waals surface area contributed by atoms with E-state index in [0.29, 0.717) is 17.8 Å². The van der Waals surface area contributed by atoms with E-state index < -0.39 is 5.82 Å². The Morgan fingerprint density at radius 2 is 2.00 bits per heavy atom. The number of pyridine rings is 1. The van der Waals surface area contributed by atoms with Crippen LogP contribution < -0.4 is 10.6 Å². The van der Waals surface area contributed by atoms with Crippen LogP contribution in [0.5, 0.6) is 0 Å². The van der Waals surface area contributed by atoms with Gasteiger partial charge in [-0.2, -0.15) is 0 Å². The third kappa shape index (κ3) is 3.28. The van der Waals surface area contributed by atoms with Gasteiger partial charge in [-0.1, -0.05) is 0 Å². The van der Waals surface area contributed by atoms with Gasteiger partial charge in [0.15, 0.2) is 0 Å². The summed E-state index contributed by atoms with van der Waals surface area (Å²) in [6.07, 6.45) is 3.31. The molecule has 1 amide bonds. The summed E-state index contributed by atoms with van der Waals surface area (Å²) in [6.45, 7) is 0.386. The van der Waals surface area contributed by atoms with E-state index in [1.807, 2.05) is 12.1 Å². The largest absolute Gasteiger partial charge is 0.386 e. The quantitative estimate of drug-likeness (QED) is 0.885. The maximum Gasteiger partial charge on any atom is 0.251 e. The first-order valence-electron chi connectivity index (χ1n) is 5.85. The molecule has 0 bridgehead atoms. The molecule has 0 aliphatic carbocycles. The lowest BCUT2D eigenvalue weighted by atomic mass is 10.1. The molecule has 0 atom stereocenters. The first-order chi connectivity index (χ1) is 9.20. The molecule has 0 aliphatic heterocycles. The summed E-state index contributed by atoms with van der Waals surface area (Å²) in [5.41, 5.74) is 1.60. The minimum Gasteiger partial charge on any atom is -0.386 e. The minimum atomic E-state index is -0.445. The zero-order chi connectivity index (χ0) is 13.7. The summed E-state index contributed by atoms with van der Waals surface area (Å²) in [6, 6.07) is 7.96. The van der Waals surface area contributed by atoms with Crippen LogP contribution in [-0.4, -0.2) is 17.9 Å². The van der Waals surface area contributed by atoms with Gasteiger partial charge in [0.1, 0.15) is 5.82 Å². The molecule has 0 saturated carbocycles. The first kappa shape index (κ1) is 13.0. The third-order valence-electron chi connectivity index (χ3n) is 2.70. The molecule has 2 N–H and O–H groups in total. The highest BCUT2D eigenvalue weighted by molar-refractivity contribution is 5.94. The van der Waals surface area contributed by atoms with E-state index in [1.165, 1.54) is 12.1 Å². The fraction of sp³-hybridized carbons (Fsp3) is 0.143. The molecule has 0 unspecified atom stereocenters. The van der Waals surface area contributed by atoms with Gasteiger partial charge in [0.05, 0.1) is 5.69 Å². The number of halogens is 1. The van der Waals surface area contributed by atoms with Crippen molar-refractivity contribution in [3.63, 3.8) is 0 Å². The SMILES string of the molecule is CNc1ccc(C(=O)NCc2ccncc2)cc1F. The van der Waals surface area contributed by atoms with Crippen LogP contribution in [0.2, 0.25) is 0 Å². The number of nitrogens with one attached hydrogen (secondary N) is 2. The molecule has 5 heteroatoms. The number of hydrogen-bond acceptors (Lipinski definition) is 3. The summed E-state index contributed by atoms with van der Waals surface area (Å²) in [7, 11) is 1.63. The van der Waals surface area contributed by atoms with E-state index in [-0.39, 0.29) is 5.91 Å². The van der Waals surface area contributed by atoms with Gasteiger partial charge in [-0.05, 0) is 35.9 Å². The summed E-state index contributed by atoms with van der Waals surface area (Å²) in [5.74, 6) is -0.752. The Bertz CT molecular complexity index is 572. The Balaban J connectivity index is 2.02. The van der Waals surface area contributed by atoms with Crippen LogP contribution in [0.4, 0.5) is 10.1 Å². The average Bonchev–Trinajstić information content (AvgIpc) is 2.45. The molecule has 1 aromatic carbocycles. The van der Waals surface area contributed by atoms with Crippen molar-refractivity contribution in [2.45, 2.75) is 6.54 Å². The number of carbonyl (C=O) groups excluding carboxylic acids is 1. The van der Waals surface area contributed by atoms with Crippen molar-refractivity contribution >= 4 is 11.6 Å². The van der Waals surface area contributed by atoms with E-state index in [1.54, 1.807) is 25.5 Å². The zero-order valence-electron chi connectivity index (χ0n) is 10.5. The monoisotopic (exact) mass is 259 g/mol. The number of benzene rings is 1. The molecule has 1 heterocycles. The molecule has 2 aromatic rings. The van der Waals surface area contributed by atoms with Gasteiger partial charge in [-0.25, -0.2) is 4.39 Å². The molecule has 0 radical (unpaired) electrons. The Kier molecular flexibility index (Phi) is 4.07. The summed E-state index contributed by atoms with van der Waals surface area (Å²) in [5, 5.41) is 5.43. The fourth-order valence-corrected chi connectivity index (χ4v) is 1.64. The van der Waals surface area contributed by atoms with E-state index >= 15 is 0 Å². The van der Waals surface area contributed by atoms with E-state index in [0.717, 1.165) is 5.56 Å². The minimum absolute atomic E-state index is 0.297. The first-order valence-corrected chi connectivity index (χ1v) is 5.85. The molecule has 4 nitrogen and oxygen atoms in total. The van der Waals surface area contributed by atoms with Crippen LogP contribution in [-0.2, 0) is 6.54 Å². The lowest BCUT2D eigenvalue weighted by molar-refractivity contribution is 0.0950. The second kappa shape index (κ2) is 5.95. The number of anilines is 1. The number of rotatable bonds is 4. The molecular weight excluding hydrogens is 245 g/mol. The Morgan fingerprint density at radius 3 is 2.63 bits per heavy atom. The van der Waals surface area contributed by atoms with Crippen molar-refractivity contribution in [3.8, 4) is 0 Å². The van der Waals surface area contributed by atoms with Crippen LogP contribution in [0.3, 0.4) is 0 Å². The van der Waals surface area contributed by atoms with Crippen LogP contribution >= 0.6 is 0 Å². The van der Waals surface area contributed by atoms with Crippen molar-refractivity contribution < 1.29 is 9.18 Å². The lowest BCUT2D eigenvalue weighted by Crippen LogP contribution is -2.22. The Labute approximate surface area is 110 Å². The smallest absolute Gasteiger partial charge is 0.251 e. The molecule has 0 saturated heterocycles. The Morgan fingerprint density at radius 1 is 1.26 bits per heavy atom. The van der Waals surface area contributed by atoms with Gasteiger partial charge in [-0.15, -0.1) is 0 Å². The van der Waals surface area contributed by atoms with Gasteiger partial charge in [0.25, 0.3) is 5.91 Å². The molecular formula is C14H14FN3O. The van der Waals surface area contributed by atoms with Crippen molar-refractivity contribution in [1.82, 2.24) is 10.3 Å². The molecule has 1 aromatic heterocycles. The maximum atomic E-state index is 13.5. The zero-order valence-corrected chi connectivity index (χ0v) is 10.5. The molecule has 0 fully saturated rings. The summed E-state index contributed by atoms with van der Waals surface area (Å²) >= 11 is 0. The molecule has 2 rings (SSSR count). The van der Waals surface area contributed by atoms with E-state index in [2.05, 4.69) is 15.6 Å². The highest BCUT2D eigenvalue weighted by Crippen LogP contribution is 2.14. The van der Waals surface area contributed by atoms with Crippen molar-refractivity contribution in [1.29, 1.82) is 0 Å². The van der Waals surface area contributed by atoms with Crippen molar-refractivity contribution in [3.05, 3.63) is 59.7 Å². The molecule has 0 spiro atoms. The Hall–Kier alpha value is -2.43. The predicted molar refractivity (Wildman–Crippen MR) is 71.4 cm³/mol. The highest BCUT2D eigenvalue weighted by Gasteiger charge is 2.08. The average molecular weight is 259 g/mol. The van der Waals surface area contributed by atoms with Crippen LogP contribution in [0.1, 0.15) is 15.9 Å². The second-order valence-corrected chi connectivity index (χ2v) is 3.98. The molecule has 98 valence electrons. The fourth-order valence-electron chi connectivity index (χ4n) is 1.64. The van der Waals surface area contributed by atoms with Gasteiger partial charge in [0.2, 0.25) is 0 Å². The molecule has 0 aliphatic rings. The van der Waals surface area contributed by atoms with Crippen molar-refractivity contribution in [2.75, 3.05) is 12.4 Å². The van der Waals surface area contributed by atoms with E-state index in [9.17, 15) is 9.18 Å². The number of amides is 1. The number of aromatic nitrogens is 1. The molecule has 19 heavy (non-hydrogen) atoms. The normalized spacial score (nSPS) is 10.0. The second-order valence-electron chi connectivity index (χ2n) is 3.98. The van der Waals surface area contributed by atoms with Crippen LogP contribution in [0.25, 0.3) is 0 Å². The summed E-state index contributed by atoms with van der Waals surface area (Å²) < 4.78 is 13.5. The van der Waals surface area contributed by atoms with Crippen LogP contribution in [0, 0.1) is 5.82 Å². The standard InChI is InChI=1S/C14H14FN3O/c1-16-13-3-2-11(8-12(13)15)14(19)18-9-10-4-6-17-7-5-10/h2-8,16H,9H2,1H3,(H,18,19). The van der Waals surface area contributed by atoms with Gasteiger partial charge in [-0.3, -0.25) is 9.78 Å². The predicted octanol–water partition coefficient (Wildman–Crippen LogP) is 2.19. The number of carbonyl (C=O) groups is 1. The number of hydrogen-bond donors (Lipinski definition) is 2. The third-order valence-corrected chi connectivity index (χ3v) is 2.70. The lowest BCUT2D eigenvalue weighted by Gasteiger charge is -2.07. The van der Waals surface area contributed by atoms with Crippen molar-refractivity contribution in [2.24, 2.45) is 0 Å². The number of nitrogens with zero attached hydrogens (tertiary/aromatic N) is 1. The maximum absolute atomic E-state index is 13.5. The van der Waals surface area contributed by atoms with Gasteiger partial charge < -0.3 is 10.6 Å². The van der Waals surface area contributed by atoms with Gasteiger partial charge >= 0.3 is 0 Å². The highest BCUT2D eigenvalue weighted by atomic mass is 19.1. The van der Waals surface area contributed by atoms with E-state index in [4.69, 9.17) is 0 Å². The van der Waals surface area contributed by atoms with Crippen LogP contribution in [0.15, 0.2) is 42.7 Å². The topological polar surface area (TPSA) is 54.0 Å².